The summed E-state index contributed by atoms with van der Waals surface area (Å²) in [6, 6.07) is 6.19. The quantitative estimate of drug-likeness (QED) is 0.799. The molecule has 0 aliphatic heterocycles. The second kappa shape index (κ2) is 7.46. The lowest BCUT2D eigenvalue weighted by atomic mass is 9.99. The molecule has 1 amide bonds. The van der Waals surface area contributed by atoms with E-state index >= 15 is 0 Å². The topological polar surface area (TPSA) is 50.4 Å². The van der Waals surface area contributed by atoms with Gasteiger partial charge in [-0.3, -0.25) is 4.79 Å². The van der Waals surface area contributed by atoms with Crippen molar-refractivity contribution in [3.63, 3.8) is 0 Å². The molecule has 4 nitrogen and oxygen atoms in total. The van der Waals surface area contributed by atoms with E-state index in [0.29, 0.717) is 6.42 Å². The van der Waals surface area contributed by atoms with Gasteiger partial charge in [0.25, 0.3) is 0 Å². The van der Waals surface area contributed by atoms with Crippen LogP contribution >= 0.6 is 0 Å². The Hall–Kier alpha value is -1.55. The largest absolute Gasteiger partial charge is 0.382 e. The molecular weight excluding hydrogens is 264 g/mol. The molecule has 1 rings (SSSR count). The fraction of sp³-hybridized carbons (Fsp3) is 0.588. The van der Waals surface area contributed by atoms with Gasteiger partial charge in [0.2, 0.25) is 5.91 Å². The molecule has 118 valence electrons. The Balaban J connectivity index is 2.80. The van der Waals surface area contributed by atoms with Gasteiger partial charge in [0.1, 0.15) is 0 Å². The molecule has 0 saturated carbocycles. The van der Waals surface area contributed by atoms with Crippen LogP contribution in [0.2, 0.25) is 0 Å². The SMILES string of the molecule is CCC(=O)Nc1cccc(NC(C)CC(C)(C)OC)c1C. The Morgan fingerprint density at radius 2 is 1.95 bits per heavy atom. The smallest absolute Gasteiger partial charge is 0.224 e. The number of benzene rings is 1. The molecule has 0 bridgehead atoms. The average molecular weight is 292 g/mol. The first kappa shape index (κ1) is 17.5. The number of anilines is 2. The van der Waals surface area contributed by atoms with Crippen LogP contribution in [0, 0.1) is 6.92 Å². The maximum absolute atomic E-state index is 11.5. The zero-order valence-corrected chi connectivity index (χ0v) is 14.0. The lowest BCUT2D eigenvalue weighted by molar-refractivity contribution is -0.115. The van der Waals surface area contributed by atoms with E-state index in [2.05, 4.69) is 31.4 Å². The molecule has 0 fully saturated rings. The summed E-state index contributed by atoms with van der Waals surface area (Å²) in [5, 5.41) is 6.43. The lowest BCUT2D eigenvalue weighted by Crippen LogP contribution is -2.31. The van der Waals surface area contributed by atoms with E-state index in [4.69, 9.17) is 4.74 Å². The molecule has 0 aliphatic carbocycles. The first-order chi connectivity index (χ1) is 9.79. The van der Waals surface area contributed by atoms with E-state index in [1.807, 2.05) is 32.0 Å². The minimum absolute atomic E-state index is 0.0313. The maximum atomic E-state index is 11.5. The van der Waals surface area contributed by atoms with Crippen molar-refractivity contribution in [2.45, 2.75) is 59.1 Å². The number of ether oxygens (including phenoxy) is 1. The van der Waals surface area contributed by atoms with Gasteiger partial charge in [-0.1, -0.05) is 13.0 Å². The molecule has 0 saturated heterocycles. The third kappa shape index (κ3) is 5.38. The van der Waals surface area contributed by atoms with Crippen LogP contribution in [-0.2, 0) is 9.53 Å². The van der Waals surface area contributed by atoms with Crippen molar-refractivity contribution < 1.29 is 9.53 Å². The number of amides is 1. The highest BCUT2D eigenvalue weighted by Crippen LogP contribution is 2.26. The van der Waals surface area contributed by atoms with Crippen molar-refractivity contribution in [3.05, 3.63) is 23.8 Å². The summed E-state index contributed by atoms with van der Waals surface area (Å²) in [4.78, 5) is 11.5. The van der Waals surface area contributed by atoms with E-state index in [1.165, 1.54) is 0 Å². The summed E-state index contributed by atoms with van der Waals surface area (Å²) in [6.07, 6.45) is 1.38. The number of hydrogen-bond donors (Lipinski definition) is 2. The van der Waals surface area contributed by atoms with E-state index < -0.39 is 0 Å². The van der Waals surface area contributed by atoms with Crippen molar-refractivity contribution in [2.24, 2.45) is 0 Å². The standard InChI is InChI=1S/C17H28N2O2/c1-7-16(20)19-15-10-8-9-14(13(15)3)18-12(2)11-17(4,5)21-6/h8-10,12,18H,7,11H2,1-6H3,(H,19,20). The zero-order valence-electron chi connectivity index (χ0n) is 14.0. The van der Waals surface area contributed by atoms with Crippen LogP contribution in [0.3, 0.4) is 0 Å². The van der Waals surface area contributed by atoms with Crippen LogP contribution in [0.25, 0.3) is 0 Å². The number of hydrogen-bond acceptors (Lipinski definition) is 3. The van der Waals surface area contributed by atoms with Crippen LogP contribution in [-0.4, -0.2) is 24.7 Å². The Bertz CT molecular complexity index is 484. The number of rotatable bonds is 7. The van der Waals surface area contributed by atoms with E-state index in [0.717, 1.165) is 23.4 Å². The average Bonchev–Trinajstić information content (AvgIpc) is 2.42. The molecule has 0 heterocycles. The first-order valence-electron chi connectivity index (χ1n) is 7.50. The third-order valence-electron chi connectivity index (χ3n) is 3.68. The second-order valence-corrected chi connectivity index (χ2v) is 6.09. The normalized spacial score (nSPS) is 12.9. The maximum Gasteiger partial charge on any atom is 0.224 e. The highest BCUT2D eigenvalue weighted by atomic mass is 16.5. The molecule has 0 spiro atoms. The molecule has 0 radical (unpaired) electrons. The molecule has 21 heavy (non-hydrogen) atoms. The highest BCUT2D eigenvalue weighted by molar-refractivity contribution is 5.92. The Morgan fingerprint density at radius 3 is 2.52 bits per heavy atom. The molecule has 1 unspecified atom stereocenters. The summed E-state index contributed by atoms with van der Waals surface area (Å²) in [6.45, 7) is 10.2. The third-order valence-corrected chi connectivity index (χ3v) is 3.68. The predicted octanol–water partition coefficient (Wildman–Crippen LogP) is 3.96. The van der Waals surface area contributed by atoms with Crippen LogP contribution in [0.5, 0.6) is 0 Å². The van der Waals surface area contributed by atoms with Gasteiger partial charge in [-0.15, -0.1) is 0 Å². The van der Waals surface area contributed by atoms with E-state index in [9.17, 15) is 4.79 Å². The number of methoxy groups -OCH3 is 1. The van der Waals surface area contributed by atoms with Gasteiger partial charge in [-0.25, -0.2) is 0 Å². The molecule has 1 aromatic rings. The van der Waals surface area contributed by atoms with Crippen LogP contribution < -0.4 is 10.6 Å². The van der Waals surface area contributed by atoms with Gasteiger partial charge in [0, 0.05) is 30.9 Å². The van der Waals surface area contributed by atoms with Gasteiger partial charge in [0.15, 0.2) is 0 Å². The van der Waals surface area contributed by atoms with Gasteiger partial charge in [-0.2, -0.15) is 0 Å². The summed E-state index contributed by atoms with van der Waals surface area (Å²) in [7, 11) is 1.73. The van der Waals surface area contributed by atoms with Crippen molar-refractivity contribution in [3.8, 4) is 0 Å². The van der Waals surface area contributed by atoms with Crippen molar-refractivity contribution in [2.75, 3.05) is 17.7 Å². The van der Waals surface area contributed by atoms with Crippen LogP contribution in [0.4, 0.5) is 11.4 Å². The van der Waals surface area contributed by atoms with Gasteiger partial charge >= 0.3 is 0 Å². The molecular formula is C17H28N2O2. The first-order valence-corrected chi connectivity index (χ1v) is 7.50. The monoisotopic (exact) mass is 292 g/mol. The van der Waals surface area contributed by atoms with E-state index in [1.54, 1.807) is 7.11 Å². The molecule has 1 atom stereocenters. The van der Waals surface area contributed by atoms with Crippen molar-refractivity contribution in [1.29, 1.82) is 0 Å². The fourth-order valence-electron chi connectivity index (χ4n) is 2.30. The summed E-state index contributed by atoms with van der Waals surface area (Å²) in [5.74, 6) is 0.0313. The summed E-state index contributed by atoms with van der Waals surface area (Å²) >= 11 is 0. The minimum Gasteiger partial charge on any atom is -0.382 e. The molecule has 2 N–H and O–H groups in total. The molecule has 4 heteroatoms. The van der Waals surface area contributed by atoms with Crippen molar-refractivity contribution in [1.82, 2.24) is 0 Å². The summed E-state index contributed by atoms with van der Waals surface area (Å²) in [5.41, 5.74) is 2.81. The zero-order chi connectivity index (χ0) is 16.0. The van der Waals surface area contributed by atoms with Crippen LogP contribution in [0.15, 0.2) is 18.2 Å². The predicted molar refractivity (Wildman–Crippen MR) is 88.9 cm³/mol. The fourth-order valence-corrected chi connectivity index (χ4v) is 2.30. The van der Waals surface area contributed by atoms with Gasteiger partial charge < -0.3 is 15.4 Å². The second-order valence-electron chi connectivity index (χ2n) is 6.09. The highest BCUT2D eigenvalue weighted by Gasteiger charge is 2.20. The Morgan fingerprint density at radius 1 is 1.33 bits per heavy atom. The number of carbonyl (C=O) groups excluding carboxylic acids is 1. The lowest BCUT2D eigenvalue weighted by Gasteiger charge is -2.28. The minimum atomic E-state index is -0.158. The van der Waals surface area contributed by atoms with Gasteiger partial charge in [0.05, 0.1) is 5.60 Å². The van der Waals surface area contributed by atoms with Gasteiger partial charge in [-0.05, 0) is 51.8 Å². The van der Waals surface area contributed by atoms with Crippen molar-refractivity contribution >= 4 is 17.3 Å². The van der Waals surface area contributed by atoms with E-state index in [-0.39, 0.29) is 17.6 Å². The number of carbonyl (C=O) groups is 1. The Kier molecular flexibility index (Phi) is 6.21. The van der Waals surface area contributed by atoms with Crippen LogP contribution in [0.1, 0.15) is 46.1 Å². The molecule has 0 aromatic heterocycles. The Labute approximate surface area is 128 Å². The summed E-state index contributed by atoms with van der Waals surface area (Å²) < 4.78 is 5.47. The number of nitrogens with one attached hydrogen (secondary N) is 2. The molecule has 1 aromatic carbocycles. The molecule has 0 aliphatic rings.